The van der Waals surface area contributed by atoms with E-state index in [0.29, 0.717) is 15.9 Å². The van der Waals surface area contributed by atoms with Crippen LogP contribution in [0.2, 0.25) is 0 Å². The molecule has 2 aromatic rings. The topological polar surface area (TPSA) is 98.6 Å². The minimum atomic E-state index is -1.14. The second-order valence-electron chi connectivity index (χ2n) is 5.66. The van der Waals surface area contributed by atoms with Crippen LogP contribution in [0, 0.1) is 18.5 Å². The molecule has 1 aliphatic rings. The van der Waals surface area contributed by atoms with Gasteiger partial charge < -0.3 is 25.0 Å². The molecule has 6 nitrogen and oxygen atoms in total. The lowest BCUT2D eigenvalue weighted by Gasteiger charge is -2.16. The Morgan fingerprint density at radius 2 is 2.00 bits per heavy atom. The number of rotatable bonds is 2. The van der Waals surface area contributed by atoms with Gasteiger partial charge in [-0.3, -0.25) is 0 Å². The molecule has 0 bridgehead atoms. The fraction of sp³-hybridized carbons (Fsp3) is 0.467. The molecule has 1 saturated heterocycles. The van der Waals surface area contributed by atoms with Gasteiger partial charge >= 0.3 is 0 Å². The Morgan fingerprint density at radius 1 is 1.27 bits per heavy atom. The standard InChI is InChI=1S/C15H18N2O4S/c1-6-3-7(2)16-14-8(6)4-9(15(22)17-14)13-12(20)11(19)10(5-18)21-13/h3-4,10-13,18-20H,5H2,1-2H3,(H,16,17,22)/t10-,11?,12?,13+/m1/s1. The number of pyridine rings is 2. The van der Waals surface area contributed by atoms with Gasteiger partial charge in [0.25, 0.3) is 0 Å². The maximum Gasteiger partial charge on any atom is 0.138 e. The Morgan fingerprint density at radius 3 is 2.64 bits per heavy atom. The fourth-order valence-corrected chi connectivity index (χ4v) is 3.16. The first-order valence-electron chi connectivity index (χ1n) is 7.06. The molecule has 1 fully saturated rings. The molecule has 0 radical (unpaired) electrons. The highest BCUT2D eigenvalue weighted by atomic mass is 32.1. The van der Waals surface area contributed by atoms with Gasteiger partial charge in [-0.15, -0.1) is 0 Å². The van der Waals surface area contributed by atoms with Crippen molar-refractivity contribution < 1.29 is 20.1 Å². The van der Waals surface area contributed by atoms with Crippen LogP contribution in [0.25, 0.3) is 11.0 Å². The summed E-state index contributed by atoms with van der Waals surface area (Å²) >= 11 is 5.34. The third kappa shape index (κ3) is 2.45. The quantitative estimate of drug-likeness (QED) is 0.617. The zero-order chi connectivity index (χ0) is 16.0. The first-order valence-corrected chi connectivity index (χ1v) is 7.47. The van der Waals surface area contributed by atoms with E-state index in [-0.39, 0.29) is 6.61 Å². The van der Waals surface area contributed by atoms with Gasteiger partial charge in [-0.05, 0) is 31.5 Å². The molecule has 3 rings (SSSR count). The summed E-state index contributed by atoms with van der Waals surface area (Å²) in [5.74, 6) is 0. The molecule has 4 N–H and O–H groups in total. The SMILES string of the molecule is Cc1cc(C)c2cc([C@@H]3O[C@H](CO)C(O)C3O)c(=S)[nH]c2n1. The van der Waals surface area contributed by atoms with Gasteiger partial charge in [0.1, 0.15) is 34.7 Å². The van der Waals surface area contributed by atoms with Crippen molar-refractivity contribution in [2.45, 2.75) is 38.3 Å². The number of fused-ring (bicyclic) bond motifs is 1. The average Bonchev–Trinajstić information content (AvgIpc) is 2.74. The van der Waals surface area contributed by atoms with Crippen molar-refractivity contribution in [1.29, 1.82) is 0 Å². The first kappa shape index (κ1) is 15.5. The number of aromatic amines is 1. The molecule has 22 heavy (non-hydrogen) atoms. The van der Waals surface area contributed by atoms with Crippen LogP contribution in [-0.4, -0.2) is 50.2 Å². The molecule has 4 atom stereocenters. The number of aliphatic hydroxyl groups is 3. The number of aromatic nitrogens is 2. The van der Waals surface area contributed by atoms with Gasteiger partial charge in [-0.25, -0.2) is 4.98 Å². The largest absolute Gasteiger partial charge is 0.394 e. The Labute approximate surface area is 132 Å². The molecular weight excluding hydrogens is 304 g/mol. The molecule has 0 aliphatic carbocycles. The second-order valence-corrected chi connectivity index (χ2v) is 6.06. The summed E-state index contributed by atoms with van der Waals surface area (Å²) in [6, 6.07) is 3.79. The van der Waals surface area contributed by atoms with E-state index in [1.54, 1.807) is 0 Å². The Kier molecular flexibility index (Phi) is 4.00. The predicted octanol–water partition coefficient (Wildman–Crippen LogP) is 1.06. The summed E-state index contributed by atoms with van der Waals surface area (Å²) in [5.41, 5.74) is 3.18. The monoisotopic (exact) mass is 322 g/mol. The maximum atomic E-state index is 10.2. The predicted molar refractivity (Wildman–Crippen MR) is 83.1 cm³/mol. The third-order valence-corrected chi connectivity index (χ3v) is 4.37. The van der Waals surface area contributed by atoms with Crippen LogP contribution >= 0.6 is 12.2 Å². The van der Waals surface area contributed by atoms with E-state index >= 15 is 0 Å². The summed E-state index contributed by atoms with van der Waals surface area (Å²) in [4.78, 5) is 7.47. The van der Waals surface area contributed by atoms with Crippen LogP contribution in [0.4, 0.5) is 0 Å². The number of H-pyrrole nitrogens is 1. The van der Waals surface area contributed by atoms with Gasteiger partial charge in [0.2, 0.25) is 0 Å². The minimum Gasteiger partial charge on any atom is -0.394 e. The summed E-state index contributed by atoms with van der Waals surface area (Å²) in [7, 11) is 0. The highest BCUT2D eigenvalue weighted by Crippen LogP contribution is 2.35. The average molecular weight is 322 g/mol. The minimum absolute atomic E-state index is 0.363. The maximum absolute atomic E-state index is 10.2. The third-order valence-electron chi connectivity index (χ3n) is 4.04. The van der Waals surface area contributed by atoms with Crippen molar-refractivity contribution in [3.05, 3.63) is 33.6 Å². The fourth-order valence-electron chi connectivity index (χ4n) is 2.89. The van der Waals surface area contributed by atoms with E-state index < -0.39 is 24.4 Å². The van der Waals surface area contributed by atoms with E-state index in [1.807, 2.05) is 26.0 Å². The van der Waals surface area contributed by atoms with Gasteiger partial charge in [-0.2, -0.15) is 0 Å². The number of hydrogen-bond acceptors (Lipinski definition) is 6. The van der Waals surface area contributed by atoms with Crippen LogP contribution in [0.5, 0.6) is 0 Å². The lowest BCUT2D eigenvalue weighted by molar-refractivity contribution is -0.0229. The molecule has 7 heteroatoms. The first-order chi connectivity index (χ1) is 10.4. The molecule has 0 saturated carbocycles. The summed E-state index contributed by atoms with van der Waals surface area (Å²) in [5, 5.41) is 30.1. The van der Waals surface area contributed by atoms with Crippen LogP contribution < -0.4 is 0 Å². The van der Waals surface area contributed by atoms with Crippen LogP contribution in [0.1, 0.15) is 22.9 Å². The van der Waals surface area contributed by atoms with Gasteiger partial charge in [0.15, 0.2) is 0 Å². The molecule has 0 amide bonds. The van der Waals surface area contributed by atoms with Crippen molar-refractivity contribution in [1.82, 2.24) is 9.97 Å². The number of nitrogens with zero attached hydrogens (tertiary/aromatic N) is 1. The molecule has 2 aromatic heterocycles. The number of hydrogen-bond donors (Lipinski definition) is 4. The van der Waals surface area contributed by atoms with E-state index in [2.05, 4.69) is 9.97 Å². The zero-order valence-electron chi connectivity index (χ0n) is 12.3. The van der Waals surface area contributed by atoms with Gasteiger partial charge in [0.05, 0.1) is 6.61 Å². The van der Waals surface area contributed by atoms with Crippen LogP contribution in [0.15, 0.2) is 12.1 Å². The lowest BCUT2D eigenvalue weighted by atomic mass is 10.0. The van der Waals surface area contributed by atoms with Crippen molar-refractivity contribution in [3.63, 3.8) is 0 Å². The molecule has 1 aliphatic heterocycles. The molecule has 0 aromatic carbocycles. The number of ether oxygens (including phenoxy) is 1. The number of aryl methyl sites for hydroxylation is 2. The number of aliphatic hydroxyl groups excluding tert-OH is 3. The molecule has 2 unspecified atom stereocenters. The summed E-state index contributed by atoms with van der Waals surface area (Å²) < 4.78 is 5.96. The molecular formula is C15H18N2O4S. The van der Waals surface area contributed by atoms with Crippen molar-refractivity contribution in [2.24, 2.45) is 0 Å². The van der Waals surface area contributed by atoms with Crippen molar-refractivity contribution in [2.75, 3.05) is 6.61 Å². The molecule has 3 heterocycles. The Hall–Kier alpha value is -1.38. The molecule has 118 valence electrons. The highest BCUT2D eigenvalue weighted by Gasteiger charge is 2.43. The van der Waals surface area contributed by atoms with Crippen LogP contribution in [0.3, 0.4) is 0 Å². The van der Waals surface area contributed by atoms with Gasteiger partial charge in [0, 0.05) is 16.6 Å². The normalized spacial score (nSPS) is 28.4. The second kappa shape index (κ2) is 5.68. The molecule has 0 spiro atoms. The highest BCUT2D eigenvalue weighted by molar-refractivity contribution is 7.71. The summed E-state index contributed by atoms with van der Waals surface area (Å²) in [6.45, 7) is 3.51. The van der Waals surface area contributed by atoms with E-state index in [1.165, 1.54) is 0 Å². The van der Waals surface area contributed by atoms with Crippen LogP contribution in [-0.2, 0) is 4.74 Å². The van der Waals surface area contributed by atoms with E-state index in [4.69, 9.17) is 17.0 Å². The smallest absolute Gasteiger partial charge is 0.138 e. The Balaban J connectivity index is 2.12. The summed E-state index contributed by atoms with van der Waals surface area (Å²) in [6.07, 6.45) is -3.87. The Bertz CT molecular complexity index is 776. The zero-order valence-corrected chi connectivity index (χ0v) is 13.1. The van der Waals surface area contributed by atoms with Gasteiger partial charge in [-0.1, -0.05) is 12.2 Å². The van der Waals surface area contributed by atoms with Crippen molar-refractivity contribution in [3.8, 4) is 0 Å². The van der Waals surface area contributed by atoms with E-state index in [0.717, 1.165) is 16.6 Å². The van der Waals surface area contributed by atoms with E-state index in [9.17, 15) is 15.3 Å². The lowest BCUT2D eigenvalue weighted by Crippen LogP contribution is -2.32. The van der Waals surface area contributed by atoms with Crippen molar-refractivity contribution >= 4 is 23.3 Å². The number of nitrogens with one attached hydrogen (secondary N) is 1.